The van der Waals surface area contributed by atoms with Crippen molar-refractivity contribution in [2.24, 2.45) is 11.3 Å². The lowest BCUT2D eigenvalue weighted by Gasteiger charge is -2.27. The van der Waals surface area contributed by atoms with Crippen LogP contribution in [0.2, 0.25) is 0 Å². The van der Waals surface area contributed by atoms with Crippen LogP contribution >= 0.6 is 0 Å². The molecule has 1 amide bonds. The lowest BCUT2D eigenvalue weighted by molar-refractivity contribution is -0.134. The van der Waals surface area contributed by atoms with Gasteiger partial charge < -0.3 is 15.0 Å². The Kier molecular flexibility index (Phi) is 5.24. The summed E-state index contributed by atoms with van der Waals surface area (Å²) in [6.07, 6.45) is 5.09. The zero-order valence-electron chi connectivity index (χ0n) is 14.6. The molecule has 0 unspecified atom stereocenters. The highest BCUT2D eigenvalue weighted by molar-refractivity contribution is 5.82. The minimum absolute atomic E-state index is 0.223. The molecule has 1 saturated carbocycles. The Labute approximate surface area is 144 Å². The molecule has 0 radical (unpaired) electrons. The van der Waals surface area contributed by atoms with Crippen LogP contribution in [0.15, 0.2) is 36.9 Å². The third-order valence-electron chi connectivity index (χ3n) is 5.47. The van der Waals surface area contributed by atoms with E-state index in [1.165, 1.54) is 0 Å². The molecule has 1 aliphatic heterocycles. The number of carbonyl (C=O) groups is 1. The number of nitrogens with zero attached hydrogens (tertiary/aromatic N) is 1. The van der Waals surface area contributed by atoms with E-state index in [4.69, 9.17) is 4.74 Å². The van der Waals surface area contributed by atoms with Gasteiger partial charge in [-0.25, -0.2) is 0 Å². The highest BCUT2D eigenvalue weighted by Crippen LogP contribution is 2.59. The van der Waals surface area contributed by atoms with E-state index in [1.807, 2.05) is 29.2 Å². The van der Waals surface area contributed by atoms with Gasteiger partial charge in [0.15, 0.2) is 0 Å². The van der Waals surface area contributed by atoms with Crippen molar-refractivity contribution in [3.63, 3.8) is 0 Å². The van der Waals surface area contributed by atoms with Crippen molar-refractivity contribution in [3.05, 3.63) is 42.5 Å². The fourth-order valence-electron chi connectivity index (χ4n) is 3.87. The number of nitrogens with one attached hydrogen (secondary N) is 1. The first kappa shape index (κ1) is 17.0. The van der Waals surface area contributed by atoms with E-state index >= 15 is 0 Å². The largest absolute Gasteiger partial charge is 0.489 e. The van der Waals surface area contributed by atoms with E-state index in [-0.39, 0.29) is 11.3 Å². The van der Waals surface area contributed by atoms with Crippen molar-refractivity contribution in [1.82, 2.24) is 10.2 Å². The summed E-state index contributed by atoms with van der Waals surface area (Å²) in [5.41, 5.74) is 1.35. The molecule has 1 aromatic rings. The Morgan fingerprint density at radius 2 is 2.17 bits per heavy atom. The smallest absolute Gasteiger partial charge is 0.226 e. The summed E-state index contributed by atoms with van der Waals surface area (Å²) in [6, 6.07) is 7.97. The molecule has 2 fully saturated rings. The number of amides is 1. The van der Waals surface area contributed by atoms with Gasteiger partial charge in [-0.2, -0.15) is 0 Å². The quantitative estimate of drug-likeness (QED) is 0.783. The summed E-state index contributed by atoms with van der Waals surface area (Å²) in [5, 5.41) is 3.40. The average molecular weight is 328 g/mol. The van der Waals surface area contributed by atoms with E-state index in [1.54, 1.807) is 6.08 Å². The minimum Gasteiger partial charge on any atom is -0.489 e. The number of benzene rings is 1. The maximum atomic E-state index is 13.0. The van der Waals surface area contributed by atoms with E-state index in [9.17, 15) is 4.79 Å². The van der Waals surface area contributed by atoms with Crippen molar-refractivity contribution < 1.29 is 9.53 Å². The summed E-state index contributed by atoms with van der Waals surface area (Å²) < 4.78 is 5.73. The highest BCUT2D eigenvalue weighted by atomic mass is 16.5. The number of carbonyl (C=O) groups excluding carboxylic acids is 1. The molecule has 130 valence electrons. The first-order valence-electron chi connectivity index (χ1n) is 9.01. The van der Waals surface area contributed by atoms with Crippen molar-refractivity contribution in [2.45, 2.75) is 32.7 Å². The van der Waals surface area contributed by atoms with Crippen LogP contribution in [0.1, 0.15) is 31.7 Å². The number of rotatable bonds is 7. The molecule has 0 aromatic heterocycles. The zero-order valence-corrected chi connectivity index (χ0v) is 14.6. The van der Waals surface area contributed by atoms with Crippen molar-refractivity contribution in [3.8, 4) is 5.75 Å². The summed E-state index contributed by atoms with van der Waals surface area (Å²) in [7, 11) is 0. The summed E-state index contributed by atoms with van der Waals surface area (Å²) in [4.78, 5) is 15.0. The lowest BCUT2D eigenvalue weighted by Crippen LogP contribution is -2.36. The maximum Gasteiger partial charge on any atom is 0.226 e. The van der Waals surface area contributed by atoms with Crippen LogP contribution < -0.4 is 10.1 Å². The Morgan fingerprint density at radius 1 is 1.42 bits per heavy atom. The van der Waals surface area contributed by atoms with Gasteiger partial charge in [0.25, 0.3) is 0 Å². The molecule has 3 rings (SSSR count). The van der Waals surface area contributed by atoms with Gasteiger partial charge in [0, 0.05) is 24.6 Å². The molecular weight excluding hydrogens is 300 g/mol. The van der Waals surface area contributed by atoms with Crippen molar-refractivity contribution in [1.29, 1.82) is 0 Å². The number of hydrogen-bond donors (Lipinski definition) is 1. The molecule has 1 atom stereocenters. The molecule has 1 aromatic carbocycles. The third-order valence-corrected chi connectivity index (χ3v) is 5.47. The van der Waals surface area contributed by atoms with E-state index < -0.39 is 0 Å². The van der Waals surface area contributed by atoms with Crippen LogP contribution in [0.5, 0.6) is 5.75 Å². The number of para-hydroxylation sites is 1. The Bertz CT molecular complexity index is 593. The second kappa shape index (κ2) is 7.39. The summed E-state index contributed by atoms with van der Waals surface area (Å²) >= 11 is 0. The fourth-order valence-corrected chi connectivity index (χ4v) is 3.87. The van der Waals surface area contributed by atoms with Gasteiger partial charge in [-0.1, -0.05) is 30.9 Å². The second-order valence-corrected chi connectivity index (χ2v) is 6.93. The zero-order chi connectivity index (χ0) is 17.0. The molecule has 0 bridgehead atoms. The Balaban J connectivity index is 1.67. The van der Waals surface area contributed by atoms with Crippen LogP contribution in [-0.2, 0) is 11.3 Å². The van der Waals surface area contributed by atoms with E-state index in [0.29, 0.717) is 19.1 Å². The molecule has 1 heterocycles. The first-order chi connectivity index (χ1) is 11.7. The molecule has 1 saturated heterocycles. The molecular formula is C20H28N2O2. The Hall–Kier alpha value is -1.81. The van der Waals surface area contributed by atoms with Crippen molar-refractivity contribution in [2.75, 3.05) is 26.2 Å². The van der Waals surface area contributed by atoms with Gasteiger partial charge in [-0.15, -0.1) is 0 Å². The monoisotopic (exact) mass is 328 g/mol. The molecule has 4 heteroatoms. The first-order valence-corrected chi connectivity index (χ1v) is 9.01. The fraction of sp³-hybridized carbons (Fsp3) is 0.550. The van der Waals surface area contributed by atoms with Gasteiger partial charge in [0.1, 0.15) is 12.4 Å². The number of ether oxygens (including phenoxy) is 1. The van der Waals surface area contributed by atoms with Crippen LogP contribution in [0.25, 0.3) is 0 Å². The molecule has 24 heavy (non-hydrogen) atoms. The van der Waals surface area contributed by atoms with Gasteiger partial charge in [-0.05, 0) is 50.8 Å². The lowest BCUT2D eigenvalue weighted by atomic mass is 9.91. The van der Waals surface area contributed by atoms with Crippen LogP contribution in [-0.4, -0.2) is 37.0 Å². The van der Waals surface area contributed by atoms with Crippen LogP contribution in [0.4, 0.5) is 0 Å². The highest BCUT2D eigenvalue weighted by Gasteiger charge is 2.58. The third kappa shape index (κ3) is 3.48. The van der Waals surface area contributed by atoms with Crippen molar-refractivity contribution >= 4 is 5.91 Å². The molecule has 2 aliphatic rings. The SMILES string of the molecule is C=CCOc1ccccc1CN(CC)C(=O)[C@H]1CC12CCNCC2. The summed E-state index contributed by atoms with van der Waals surface area (Å²) in [5.74, 6) is 1.38. The second-order valence-electron chi connectivity index (χ2n) is 6.93. The van der Waals surface area contributed by atoms with Gasteiger partial charge >= 0.3 is 0 Å². The summed E-state index contributed by atoms with van der Waals surface area (Å²) in [6.45, 7) is 9.69. The predicted octanol–water partition coefficient (Wildman–Crippen LogP) is 2.99. The topological polar surface area (TPSA) is 41.6 Å². The minimum atomic E-state index is 0.223. The van der Waals surface area contributed by atoms with Gasteiger partial charge in [-0.3, -0.25) is 4.79 Å². The normalized spacial score (nSPS) is 21.3. The predicted molar refractivity (Wildman–Crippen MR) is 95.9 cm³/mol. The average Bonchev–Trinajstić information content (AvgIpc) is 3.31. The van der Waals surface area contributed by atoms with E-state index in [0.717, 1.165) is 50.2 Å². The van der Waals surface area contributed by atoms with Crippen LogP contribution in [0, 0.1) is 11.3 Å². The van der Waals surface area contributed by atoms with Gasteiger partial charge in [0.2, 0.25) is 5.91 Å². The standard InChI is InChI=1S/C20H28N2O2/c1-3-13-24-18-8-6-5-7-16(18)15-22(4-2)19(23)17-14-20(17)9-11-21-12-10-20/h3,5-8,17,21H,1,4,9-15H2,2H3/t17-/m1/s1. The number of hydrogen-bond acceptors (Lipinski definition) is 3. The number of piperidine rings is 1. The maximum absolute atomic E-state index is 13.0. The molecule has 1 aliphatic carbocycles. The van der Waals surface area contributed by atoms with E-state index in [2.05, 4.69) is 18.8 Å². The molecule has 1 spiro atoms. The Morgan fingerprint density at radius 3 is 2.88 bits per heavy atom. The molecule has 1 N–H and O–H groups in total. The van der Waals surface area contributed by atoms with Gasteiger partial charge in [0.05, 0.1) is 0 Å². The molecule has 4 nitrogen and oxygen atoms in total. The van der Waals surface area contributed by atoms with Crippen LogP contribution in [0.3, 0.4) is 0 Å².